The van der Waals surface area contributed by atoms with Crippen molar-refractivity contribution in [2.45, 2.75) is 58.0 Å². The van der Waals surface area contributed by atoms with Gasteiger partial charge in [-0.1, -0.05) is 0 Å². The molecule has 0 radical (unpaired) electrons. The Bertz CT molecular complexity index is 1520. The zero-order chi connectivity index (χ0) is 28.9. The van der Waals surface area contributed by atoms with Gasteiger partial charge in [-0.2, -0.15) is 21.9 Å². The summed E-state index contributed by atoms with van der Waals surface area (Å²) < 4.78 is 75.4. The Morgan fingerprint density at radius 2 is 1.82 bits per heavy atom. The summed E-state index contributed by atoms with van der Waals surface area (Å²) in [6.07, 6.45) is 7.47. The molecule has 2 aromatic heterocycles. The van der Waals surface area contributed by atoms with Crippen molar-refractivity contribution in [2.75, 3.05) is 32.3 Å². The molecule has 0 aliphatic carbocycles. The SMILES string of the molecule is C[C@H](CCOC[C@H](C)Oc1cncc(-c2nn(C3CCCCO3)c3ccc(OS(C)(=O)=O)cc23)c1)OS(C)(=O)=O. The van der Waals surface area contributed by atoms with Crippen LogP contribution in [0.1, 0.15) is 45.8 Å². The lowest BCUT2D eigenvalue weighted by Crippen LogP contribution is -2.21. The molecule has 1 fully saturated rings. The molecular weight excluding hydrogens is 562 g/mol. The first-order valence-corrected chi connectivity index (χ1v) is 16.6. The van der Waals surface area contributed by atoms with Gasteiger partial charge in [0.15, 0.2) is 6.23 Å². The average molecular weight is 598 g/mol. The molecule has 1 aromatic carbocycles. The Morgan fingerprint density at radius 3 is 2.52 bits per heavy atom. The third-order valence-corrected chi connectivity index (χ3v) is 7.21. The van der Waals surface area contributed by atoms with Gasteiger partial charge < -0.3 is 18.4 Å². The minimum absolute atomic E-state index is 0.183. The van der Waals surface area contributed by atoms with Crippen LogP contribution in [0, 0.1) is 0 Å². The summed E-state index contributed by atoms with van der Waals surface area (Å²) in [7, 11) is -7.22. The van der Waals surface area contributed by atoms with Crippen LogP contribution < -0.4 is 8.92 Å². The Hall–Kier alpha value is -2.78. The van der Waals surface area contributed by atoms with Gasteiger partial charge in [0.1, 0.15) is 23.3 Å². The molecule has 3 aromatic rings. The monoisotopic (exact) mass is 597 g/mol. The molecule has 0 spiro atoms. The lowest BCUT2D eigenvalue weighted by molar-refractivity contribution is -0.0365. The number of nitrogens with zero attached hydrogens (tertiary/aromatic N) is 3. The molecule has 0 saturated carbocycles. The molecule has 4 rings (SSSR count). The maximum atomic E-state index is 11.7. The molecule has 0 N–H and O–H groups in total. The van der Waals surface area contributed by atoms with Crippen molar-refractivity contribution in [2.24, 2.45) is 0 Å². The number of hydrogen-bond donors (Lipinski definition) is 0. The van der Waals surface area contributed by atoms with E-state index < -0.39 is 26.3 Å². The fraction of sp³-hybridized carbons (Fsp3) is 0.538. The number of aromatic nitrogens is 3. The summed E-state index contributed by atoms with van der Waals surface area (Å²) in [5, 5.41) is 5.55. The molecule has 0 bridgehead atoms. The van der Waals surface area contributed by atoms with Crippen molar-refractivity contribution < 1.29 is 39.4 Å². The Kier molecular flexibility index (Phi) is 9.67. The molecule has 1 aliphatic rings. The van der Waals surface area contributed by atoms with Gasteiger partial charge in [-0.05, 0) is 63.8 Å². The van der Waals surface area contributed by atoms with E-state index in [0.29, 0.717) is 42.0 Å². The molecule has 1 unspecified atom stereocenters. The van der Waals surface area contributed by atoms with Gasteiger partial charge in [0.2, 0.25) is 0 Å². The number of hydrogen-bond acceptors (Lipinski definition) is 11. The lowest BCUT2D eigenvalue weighted by Gasteiger charge is -2.23. The topological polar surface area (TPSA) is 145 Å². The van der Waals surface area contributed by atoms with Crippen LogP contribution in [0.15, 0.2) is 36.7 Å². The lowest BCUT2D eigenvalue weighted by atomic mass is 10.1. The summed E-state index contributed by atoms with van der Waals surface area (Å²) in [5.74, 6) is 0.685. The maximum Gasteiger partial charge on any atom is 0.306 e. The van der Waals surface area contributed by atoms with Crippen molar-refractivity contribution in [3.05, 3.63) is 36.7 Å². The minimum atomic E-state index is -3.71. The highest BCUT2D eigenvalue weighted by atomic mass is 32.2. The predicted molar refractivity (Wildman–Crippen MR) is 148 cm³/mol. The smallest absolute Gasteiger partial charge is 0.306 e. The van der Waals surface area contributed by atoms with Gasteiger partial charge in [-0.15, -0.1) is 0 Å². The van der Waals surface area contributed by atoms with Crippen LogP contribution in [0.5, 0.6) is 11.5 Å². The molecule has 220 valence electrons. The number of fused-ring (bicyclic) bond motifs is 1. The molecule has 12 nitrogen and oxygen atoms in total. The highest BCUT2D eigenvalue weighted by Crippen LogP contribution is 2.35. The van der Waals surface area contributed by atoms with Gasteiger partial charge in [-0.3, -0.25) is 9.17 Å². The van der Waals surface area contributed by atoms with Gasteiger partial charge in [0.05, 0.1) is 36.9 Å². The summed E-state index contributed by atoms with van der Waals surface area (Å²) in [6.45, 7) is 4.75. The number of rotatable bonds is 13. The fourth-order valence-electron chi connectivity index (χ4n) is 4.42. The van der Waals surface area contributed by atoms with Crippen molar-refractivity contribution >= 4 is 31.1 Å². The first-order chi connectivity index (χ1) is 18.9. The van der Waals surface area contributed by atoms with Crippen LogP contribution in [-0.4, -0.2) is 76.1 Å². The Morgan fingerprint density at radius 1 is 1.02 bits per heavy atom. The second-order valence-corrected chi connectivity index (χ2v) is 13.1. The number of benzene rings is 1. The zero-order valence-corrected chi connectivity index (χ0v) is 24.6. The molecule has 14 heteroatoms. The summed E-state index contributed by atoms with van der Waals surface area (Å²) in [6, 6.07) is 6.83. The molecule has 1 aliphatic heterocycles. The molecule has 40 heavy (non-hydrogen) atoms. The van der Waals surface area contributed by atoms with Crippen molar-refractivity contribution in [3.8, 4) is 22.8 Å². The normalized spacial score (nSPS) is 17.9. The third kappa shape index (κ3) is 8.61. The van der Waals surface area contributed by atoms with Crippen LogP contribution in [-0.2, 0) is 33.9 Å². The average Bonchev–Trinajstić information content (AvgIpc) is 3.24. The van der Waals surface area contributed by atoms with E-state index >= 15 is 0 Å². The predicted octanol–water partition coefficient (Wildman–Crippen LogP) is 3.67. The second-order valence-electron chi connectivity index (χ2n) is 9.89. The quantitative estimate of drug-likeness (QED) is 0.210. The summed E-state index contributed by atoms with van der Waals surface area (Å²) >= 11 is 0. The minimum Gasteiger partial charge on any atom is -0.487 e. The number of pyridine rings is 1. The van der Waals surface area contributed by atoms with Crippen LogP contribution in [0.4, 0.5) is 0 Å². The van der Waals surface area contributed by atoms with Gasteiger partial charge in [0, 0.05) is 30.4 Å². The van der Waals surface area contributed by atoms with Crippen molar-refractivity contribution in [1.82, 2.24) is 14.8 Å². The third-order valence-electron chi connectivity index (χ3n) is 6.04. The van der Waals surface area contributed by atoms with E-state index in [4.69, 9.17) is 27.7 Å². The van der Waals surface area contributed by atoms with E-state index in [1.807, 2.05) is 17.7 Å². The molecule has 1 saturated heterocycles. The second kappa shape index (κ2) is 12.8. The largest absolute Gasteiger partial charge is 0.487 e. The Labute approximate surface area is 234 Å². The van der Waals surface area contributed by atoms with E-state index in [-0.39, 0.29) is 24.7 Å². The summed E-state index contributed by atoms with van der Waals surface area (Å²) in [5.41, 5.74) is 2.04. The van der Waals surface area contributed by atoms with Gasteiger partial charge >= 0.3 is 10.1 Å². The first kappa shape index (κ1) is 30.2. The molecular formula is C26H35N3O9S2. The zero-order valence-electron chi connectivity index (χ0n) is 23.0. The Balaban J connectivity index is 1.51. The van der Waals surface area contributed by atoms with Crippen molar-refractivity contribution in [1.29, 1.82) is 0 Å². The van der Waals surface area contributed by atoms with E-state index in [1.54, 1.807) is 37.5 Å². The van der Waals surface area contributed by atoms with Crippen LogP contribution >= 0.6 is 0 Å². The van der Waals surface area contributed by atoms with Crippen molar-refractivity contribution in [3.63, 3.8) is 0 Å². The molecule has 3 heterocycles. The standard InChI is InChI=1S/C26H35N3O9S2/c1-18(37-39(3,30)31)10-12-34-17-19(2)36-22-13-20(15-27-16-22)26-23-14-21(38-40(4,32)33)8-9-24(23)29(28-26)25-7-5-6-11-35-25/h8-9,13-16,18-19,25H,5-7,10-12,17H2,1-4H3/t18-,19+,25?/m1/s1. The summed E-state index contributed by atoms with van der Waals surface area (Å²) in [4.78, 5) is 4.33. The fourth-order valence-corrected chi connectivity index (χ4v) is 5.57. The van der Waals surface area contributed by atoms with E-state index in [9.17, 15) is 16.8 Å². The van der Waals surface area contributed by atoms with E-state index in [1.165, 1.54) is 0 Å². The van der Waals surface area contributed by atoms with E-state index in [2.05, 4.69) is 4.98 Å². The highest BCUT2D eigenvalue weighted by molar-refractivity contribution is 7.86. The highest BCUT2D eigenvalue weighted by Gasteiger charge is 2.23. The van der Waals surface area contributed by atoms with Crippen LogP contribution in [0.3, 0.4) is 0 Å². The molecule has 0 amide bonds. The van der Waals surface area contributed by atoms with E-state index in [0.717, 1.165) is 37.3 Å². The van der Waals surface area contributed by atoms with Gasteiger partial charge in [-0.25, -0.2) is 4.68 Å². The number of ether oxygens (including phenoxy) is 3. The van der Waals surface area contributed by atoms with Gasteiger partial charge in [0.25, 0.3) is 10.1 Å². The molecule has 3 atom stereocenters. The maximum absolute atomic E-state index is 11.7. The first-order valence-electron chi connectivity index (χ1n) is 13.0. The van der Waals surface area contributed by atoms with Crippen LogP contribution in [0.25, 0.3) is 22.2 Å². The van der Waals surface area contributed by atoms with Crippen LogP contribution in [0.2, 0.25) is 0 Å².